The van der Waals surface area contributed by atoms with E-state index in [1.807, 2.05) is 14.0 Å². The molecule has 5 nitrogen and oxygen atoms in total. The fourth-order valence-corrected chi connectivity index (χ4v) is 1.40. The van der Waals surface area contributed by atoms with Gasteiger partial charge in [-0.1, -0.05) is 0 Å². The van der Waals surface area contributed by atoms with Crippen LogP contribution in [0.15, 0.2) is 10.7 Å². The topological polar surface area (TPSA) is 56.3 Å². The molecule has 0 aromatic carbocycles. The van der Waals surface area contributed by atoms with E-state index < -0.39 is 0 Å². The Morgan fingerprint density at radius 1 is 1.60 bits per heavy atom. The standard InChI is InChI=1S/C9H14BrN3O2/c1-6(4-11-2)15-9-12-5-7(10)8(13-9)14-3/h5-6,11H,4H2,1-3H3. The summed E-state index contributed by atoms with van der Waals surface area (Å²) in [6.07, 6.45) is 1.62. The van der Waals surface area contributed by atoms with Crippen LogP contribution in [0.1, 0.15) is 6.92 Å². The zero-order chi connectivity index (χ0) is 11.3. The van der Waals surface area contributed by atoms with Crippen molar-refractivity contribution < 1.29 is 9.47 Å². The van der Waals surface area contributed by atoms with E-state index in [4.69, 9.17) is 9.47 Å². The molecule has 6 heteroatoms. The molecule has 0 radical (unpaired) electrons. The van der Waals surface area contributed by atoms with Crippen LogP contribution in [0.25, 0.3) is 0 Å². The maximum atomic E-state index is 5.47. The molecule has 0 fully saturated rings. The number of methoxy groups -OCH3 is 1. The maximum Gasteiger partial charge on any atom is 0.320 e. The monoisotopic (exact) mass is 275 g/mol. The lowest BCUT2D eigenvalue weighted by Crippen LogP contribution is -2.26. The highest BCUT2D eigenvalue weighted by atomic mass is 79.9. The zero-order valence-corrected chi connectivity index (χ0v) is 10.5. The molecule has 0 amide bonds. The second-order valence-corrected chi connectivity index (χ2v) is 3.85. The summed E-state index contributed by atoms with van der Waals surface area (Å²) in [5.74, 6) is 0.469. The van der Waals surface area contributed by atoms with E-state index in [-0.39, 0.29) is 6.10 Å². The molecule has 0 saturated carbocycles. The molecule has 0 aliphatic carbocycles. The lowest BCUT2D eigenvalue weighted by Gasteiger charge is -2.12. The molecule has 1 aromatic rings. The molecule has 1 aromatic heterocycles. The van der Waals surface area contributed by atoms with Gasteiger partial charge >= 0.3 is 6.01 Å². The summed E-state index contributed by atoms with van der Waals surface area (Å²) < 4.78 is 11.2. The van der Waals surface area contributed by atoms with Gasteiger partial charge in [-0.3, -0.25) is 0 Å². The predicted molar refractivity (Wildman–Crippen MR) is 60.3 cm³/mol. The molecule has 0 aliphatic heterocycles. The predicted octanol–water partition coefficient (Wildman–Crippen LogP) is 1.23. The molecule has 1 heterocycles. The van der Waals surface area contributed by atoms with Crippen molar-refractivity contribution in [1.82, 2.24) is 15.3 Å². The summed E-state index contributed by atoms with van der Waals surface area (Å²) in [7, 11) is 3.41. The van der Waals surface area contributed by atoms with Crippen LogP contribution < -0.4 is 14.8 Å². The van der Waals surface area contributed by atoms with Gasteiger partial charge in [-0.15, -0.1) is 0 Å². The molecule has 0 aliphatic rings. The number of hydrogen-bond donors (Lipinski definition) is 1. The van der Waals surface area contributed by atoms with Crippen molar-refractivity contribution in [3.8, 4) is 11.9 Å². The first kappa shape index (κ1) is 12.2. The highest BCUT2D eigenvalue weighted by Gasteiger charge is 2.08. The Bertz CT molecular complexity index is 322. The molecule has 1 unspecified atom stereocenters. The van der Waals surface area contributed by atoms with Crippen LogP contribution in [0.3, 0.4) is 0 Å². The van der Waals surface area contributed by atoms with Crippen molar-refractivity contribution in [2.75, 3.05) is 20.7 Å². The largest absolute Gasteiger partial charge is 0.480 e. The molecule has 15 heavy (non-hydrogen) atoms. The number of aromatic nitrogens is 2. The maximum absolute atomic E-state index is 5.47. The van der Waals surface area contributed by atoms with E-state index in [2.05, 4.69) is 31.2 Å². The Morgan fingerprint density at radius 3 is 2.93 bits per heavy atom. The minimum absolute atomic E-state index is 0.0147. The first-order valence-corrected chi connectivity index (χ1v) is 5.34. The van der Waals surface area contributed by atoms with Gasteiger partial charge in [0.05, 0.1) is 17.8 Å². The van der Waals surface area contributed by atoms with Crippen LogP contribution in [0.2, 0.25) is 0 Å². The number of nitrogens with one attached hydrogen (secondary N) is 1. The first-order valence-electron chi connectivity index (χ1n) is 4.55. The third-order valence-corrected chi connectivity index (χ3v) is 2.23. The Hall–Kier alpha value is -0.880. The van der Waals surface area contributed by atoms with Gasteiger partial charge < -0.3 is 14.8 Å². The molecular weight excluding hydrogens is 262 g/mol. The van der Waals surface area contributed by atoms with Gasteiger partial charge in [0.2, 0.25) is 5.88 Å². The van der Waals surface area contributed by atoms with Gasteiger partial charge in [0.15, 0.2) is 0 Å². The molecule has 0 saturated heterocycles. The fraction of sp³-hybridized carbons (Fsp3) is 0.556. The van der Waals surface area contributed by atoms with Crippen molar-refractivity contribution in [3.05, 3.63) is 10.7 Å². The summed E-state index contributed by atoms with van der Waals surface area (Å²) >= 11 is 3.27. The number of hydrogen-bond acceptors (Lipinski definition) is 5. The number of halogens is 1. The molecule has 84 valence electrons. The number of rotatable bonds is 5. The molecule has 1 rings (SSSR count). The van der Waals surface area contributed by atoms with Crippen LogP contribution in [-0.2, 0) is 0 Å². The molecule has 1 atom stereocenters. The van der Waals surface area contributed by atoms with Gasteiger partial charge in [0, 0.05) is 6.54 Å². The highest BCUT2D eigenvalue weighted by molar-refractivity contribution is 9.10. The average Bonchev–Trinajstić information content (AvgIpc) is 2.21. The molecule has 0 spiro atoms. The summed E-state index contributed by atoms with van der Waals surface area (Å²) in [5, 5.41) is 3.01. The first-order chi connectivity index (χ1) is 7.17. The van der Waals surface area contributed by atoms with Gasteiger partial charge in [-0.05, 0) is 29.9 Å². The van der Waals surface area contributed by atoms with Gasteiger partial charge in [-0.2, -0.15) is 4.98 Å². The van der Waals surface area contributed by atoms with E-state index in [0.29, 0.717) is 16.4 Å². The van der Waals surface area contributed by atoms with Crippen molar-refractivity contribution in [1.29, 1.82) is 0 Å². The minimum Gasteiger partial charge on any atom is -0.480 e. The minimum atomic E-state index is 0.0147. The SMILES string of the molecule is CNCC(C)Oc1ncc(Br)c(OC)n1. The molecule has 1 N–H and O–H groups in total. The highest BCUT2D eigenvalue weighted by Crippen LogP contribution is 2.22. The van der Waals surface area contributed by atoms with Crippen molar-refractivity contribution in [2.24, 2.45) is 0 Å². The third kappa shape index (κ3) is 3.64. The lowest BCUT2D eigenvalue weighted by atomic mass is 10.4. The molecule has 0 bridgehead atoms. The lowest BCUT2D eigenvalue weighted by molar-refractivity contribution is 0.199. The molecular formula is C9H14BrN3O2. The Kier molecular flexibility index (Phi) is 4.77. The summed E-state index contributed by atoms with van der Waals surface area (Å²) in [5.41, 5.74) is 0. The van der Waals surface area contributed by atoms with E-state index in [9.17, 15) is 0 Å². The second-order valence-electron chi connectivity index (χ2n) is 3.00. The van der Waals surface area contributed by atoms with E-state index in [0.717, 1.165) is 6.54 Å². The Labute approximate surface area is 97.3 Å². The zero-order valence-electron chi connectivity index (χ0n) is 8.95. The van der Waals surface area contributed by atoms with Gasteiger partial charge in [-0.25, -0.2) is 4.98 Å². The van der Waals surface area contributed by atoms with E-state index in [1.54, 1.807) is 13.3 Å². The Morgan fingerprint density at radius 2 is 2.33 bits per heavy atom. The van der Waals surface area contributed by atoms with Crippen LogP contribution in [0.5, 0.6) is 11.9 Å². The smallest absolute Gasteiger partial charge is 0.320 e. The van der Waals surface area contributed by atoms with Crippen molar-refractivity contribution >= 4 is 15.9 Å². The van der Waals surface area contributed by atoms with Crippen molar-refractivity contribution in [3.63, 3.8) is 0 Å². The average molecular weight is 276 g/mol. The quantitative estimate of drug-likeness (QED) is 0.876. The van der Waals surface area contributed by atoms with Crippen LogP contribution in [0, 0.1) is 0 Å². The number of ether oxygens (including phenoxy) is 2. The summed E-state index contributed by atoms with van der Waals surface area (Å²) in [6.45, 7) is 2.68. The summed E-state index contributed by atoms with van der Waals surface area (Å²) in [6, 6.07) is 0.317. The normalized spacial score (nSPS) is 12.3. The van der Waals surface area contributed by atoms with Gasteiger partial charge in [0.25, 0.3) is 0 Å². The fourth-order valence-electron chi connectivity index (χ4n) is 1.05. The second kappa shape index (κ2) is 5.87. The van der Waals surface area contributed by atoms with Gasteiger partial charge in [0.1, 0.15) is 6.10 Å². The van der Waals surface area contributed by atoms with E-state index in [1.165, 1.54) is 0 Å². The summed E-state index contributed by atoms with van der Waals surface area (Å²) in [4.78, 5) is 8.10. The van der Waals surface area contributed by atoms with Crippen molar-refractivity contribution in [2.45, 2.75) is 13.0 Å². The third-order valence-electron chi connectivity index (χ3n) is 1.68. The Balaban J connectivity index is 2.69. The number of nitrogens with zero attached hydrogens (tertiary/aromatic N) is 2. The van der Waals surface area contributed by atoms with E-state index >= 15 is 0 Å². The number of likely N-dealkylation sites (N-methyl/N-ethyl adjacent to an activating group) is 1. The van der Waals surface area contributed by atoms with Crippen LogP contribution in [0.4, 0.5) is 0 Å². The van der Waals surface area contributed by atoms with Crippen LogP contribution in [-0.4, -0.2) is 36.8 Å². The van der Waals surface area contributed by atoms with Crippen LogP contribution >= 0.6 is 15.9 Å².